The molecule has 2 fully saturated rings. The zero-order valence-corrected chi connectivity index (χ0v) is 15.6. The quantitative estimate of drug-likeness (QED) is 0.827. The van der Waals surface area contributed by atoms with Gasteiger partial charge in [-0.25, -0.2) is 0 Å². The largest absolute Gasteiger partial charge is 0.378 e. The molecule has 0 radical (unpaired) electrons. The fraction of sp³-hybridized carbons (Fsp3) is 0.429. The minimum absolute atomic E-state index is 0.00265. The standard InChI is InChI=1S/C21H26N4O2/c26-21(25-12-14-27-15-13-25)20-16-19(6-7-22-20)24-10-8-23(9-11-24)17-18-4-2-1-3-5-18/h1-7,16H,8-15,17H2. The minimum atomic E-state index is 0.00265. The third-order valence-electron chi connectivity index (χ3n) is 5.25. The van der Waals surface area contributed by atoms with E-state index < -0.39 is 0 Å². The van der Waals surface area contributed by atoms with Gasteiger partial charge in [-0.2, -0.15) is 0 Å². The Labute approximate surface area is 160 Å². The normalized spacial score (nSPS) is 18.5. The molecule has 6 heteroatoms. The second-order valence-electron chi connectivity index (χ2n) is 7.05. The van der Waals surface area contributed by atoms with Gasteiger partial charge in [-0.3, -0.25) is 14.7 Å². The zero-order chi connectivity index (χ0) is 18.5. The topological polar surface area (TPSA) is 48.9 Å². The SMILES string of the molecule is O=C(c1cc(N2CCN(Cc3ccccc3)CC2)ccn1)N1CCOCC1. The van der Waals surface area contributed by atoms with Gasteiger partial charge in [0, 0.05) is 57.7 Å². The van der Waals surface area contributed by atoms with Crippen LogP contribution in [0.5, 0.6) is 0 Å². The van der Waals surface area contributed by atoms with Gasteiger partial charge in [0.1, 0.15) is 5.69 Å². The van der Waals surface area contributed by atoms with Crippen LogP contribution in [-0.4, -0.2) is 73.2 Å². The van der Waals surface area contributed by atoms with Crippen molar-refractivity contribution in [1.29, 1.82) is 0 Å². The van der Waals surface area contributed by atoms with E-state index in [-0.39, 0.29) is 5.91 Å². The average molecular weight is 366 g/mol. The highest BCUT2D eigenvalue weighted by Crippen LogP contribution is 2.19. The van der Waals surface area contributed by atoms with Crippen molar-refractivity contribution in [3.63, 3.8) is 0 Å². The highest BCUT2D eigenvalue weighted by molar-refractivity contribution is 5.93. The number of pyridine rings is 1. The van der Waals surface area contributed by atoms with E-state index in [2.05, 4.69) is 45.1 Å². The maximum absolute atomic E-state index is 12.7. The van der Waals surface area contributed by atoms with E-state index >= 15 is 0 Å². The molecular formula is C21H26N4O2. The first-order valence-corrected chi connectivity index (χ1v) is 9.64. The fourth-order valence-corrected chi connectivity index (χ4v) is 3.67. The van der Waals surface area contributed by atoms with Crippen LogP contribution in [0.2, 0.25) is 0 Å². The molecule has 2 aromatic rings. The Kier molecular flexibility index (Phi) is 5.65. The number of ether oxygens (including phenoxy) is 1. The maximum atomic E-state index is 12.7. The van der Waals surface area contributed by atoms with Crippen molar-refractivity contribution in [2.24, 2.45) is 0 Å². The van der Waals surface area contributed by atoms with Gasteiger partial charge in [0.05, 0.1) is 13.2 Å². The van der Waals surface area contributed by atoms with Crippen LogP contribution in [0.1, 0.15) is 16.1 Å². The van der Waals surface area contributed by atoms with Gasteiger partial charge in [-0.1, -0.05) is 30.3 Å². The van der Waals surface area contributed by atoms with Gasteiger partial charge < -0.3 is 14.5 Å². The smallest absolute Gasteiger partial charge is 0.272 e. The van der Waals surface area contributed by atoms with Crippen molar-refractivity contribution >= 4 is 11.6 Å². The van der Waals surface area contributed by atoms with Crippen LogP contribution in [0, 0.1) is 0 Å². The van der Waals surface area contributed by atoms with Crippen LogP contribution in [0.15, 0.2) is 48.7 Å². The number of hydrogen-bond donors (Lipinski definition) is 0. The van der Waals surface area contributed by atoms with Crippen LogP contribution >= 0.6 is 0 Å². The van der Waals surface area contributed by atoms with Crippen molar-refractivity contribution in [2.45, 2.75) is 6.54 Å². The molecule has 0 spiro atoms. The molecule has 4 rings (SSSR count). The lowest BCUT2D eigenvalue weighted by atomic mass is 10.2. The lowest BCUT2D eigenvalue weighted by molar-refractivity contribution is 0.0299. The lowest BCUT2D eigenvalue weighted by Crippen LogP contribution is -2.46. The molecular weight excluding hydrogens is 340 g/mol. The van der Waals surface area contributed by atoms with Crippen LogP contribution in [-0.2, 0) is 11.3 Å². The van der Waals surface area contributed by atoms with E-state index in [9.17, 15) is 4.79 Å². The Morgan fingerprint density at radius 3 is 2.44 bits per heavy atom. The Morgan fingerprint density at radius 1 is 0.963 bits per heavy atom. The lowest BCUT2D eigenvalue weighted by Gasteiger charge is -2.36. The molecule has 0 atom stereocenters. The van der Waals surface area contributed by atoms with Gasteiger partial charge in [0.2, 0.25) is 0 Å². The van der Waals surface area contributed by atoms with Crippen LogP contribution in [0.25, 0.3) is 0 Å². The number of carbonyl (C=O) groups is 1. The third-order valence-corrected chi connectivity index (χ3v) is 5.25. The Morgan fingerprint density at radius 2 is 1.70 bits per heavy atom. The molecule has 2 saturated heterocycles. The number of hydrogen-bond acceptors (Lipinski definition) is 5. The Hall–Kier alpha value is -2.44. The number of morpholine rings is 1. The van der Waals surface area contributed by atoms with Crippen molar-refractivity contribution in [1.82, 2.24) is 14.8 Å². The van der Waals surface area contributed by atoms with Crippen molar-refractivity contribution in [2.75, 3.05) is 57.4 Å². The van der Waals surface area contributed by atoms with Crippen LogP contribution in [0.3, 0.4) is 0 Å². The number of piperazine rings is 1. The molecule has 2 aliphatic heterocycles. The van der Waals surface area contributed by atoms with Crippen molar-refractivity contribution < 1.29 is 9.53 Å². The number of rotatable bonds is 4. The van der Waals surface area contributed by atoms with Crippen LogP contribution < -0.4 is 4.90 Å². The molecule has 1 aromatic carbocycles. The first-order valence-electron chi connectivity index (χ1n) is 9.64. The zero-order valence-electron chi connectivity index (χ0n) is 15.6. The Bertz CT molecular complexity index is 754. The van der Waals surface area contributed by atoms with Crippen molar-refractivity contribution in [3.8, 4) is 0 Å². The van der Waals surface area contributed by atoms with Gasteiger partial charge in [0.25, 0.3) is 5.91 Å². The van der Waals surface area contributed by atoms with E-state index in [1.807, 2.05) is 17.0 Å². The first-order chi connectivity index (χ1) is 13.3. The first kappa shape index (κ1) is 17.9. The predicted molar refractivity (Wildman–Crippen MR) is 105 cm³/mol. The van der Waals surface area contributed by atoms with Crippen molar-refractivity contribution in [3.05, 3.63) is 59.9 Å². The highest BCUT2D eigenvalue weighted by atomic mass is 16.5. The third kappa shape index (κ3) is 4.46. The van der Waals surface area contributed by atoms with E-state index in [0.717, 1.165) is 38.4 Å². The monoisotopic (exact) mass is 366 g/mol. The molecule has 3 heterocycles. The van der Waals surface area contributed by atoms with E-state index in [4.69, 9.17) is 4.74 Å². The van der Waals surface area contributed by atoms with Gasteiger partial charge in [-0.15, -0.1) is 0 Å². The minimum Gasteiger partial charge on any atom is -0.378 e. The number of nitrogens with zero attached hydrogens (tertiary/aromatic N) is 4. The molecule has 142 valence electrons. The summed E-state index contributed by atoms with van der Waals surface area (Å²) in [6.45, 7) is 7.44. The summed E-state index contributed by atoms with van der Waals surface area (Å²) in [5.41, 5.74) is 2.97. The molecule has 2 aliphatic rings. The summed E-state index contributed by atoms with van der Waals surface area (Å²) in [5, 5.41) is 0. The molecule has 1 amide bonds. The van der Waals surface area contributed by atoms with E-state index in [0.29, 0.717) is 32.0 Å². The summed E-state index contributed by atoms with van der Waals surface area (Å²) < 4.78 is 5.33. The summed E-state index contributed by atoms with van der Waals surface area (Å²) in [7, 11) is 0. The number of aromatic nitrogens is 1. The molecule has 0 N–H and O–H groups in total. The molecule has 6 nitrogen and oxygen atoms in total. The fourth-order valence-electron chi connectivity index (χ4n) is 3.67. The van der Waals surface area contributed by atoms with Gasteiger partial charge in [0.15, 0.2) is 0 Å². The maximum Gasteiger partial charge on any atom is 0.272 e. The van der Waals surface area contributed by atoms with E-state index in [1.54, 1.807) is 6.20 Å². The summed E-state index contributed by atoms with van der Waals surface area (Å²) in [6, 6.07) is 14.5. The second kappa shape index (κ2) is 8.50. The van der Waals surface area contributed by atoms with Gasteiger partial charge >= 0.3 is 0 Å². The molecule has 0 unspecified atom stereocenters. The summed E-state index contributed by atoms with van der Waals surface area (Å²) >= 11 is 0. The second-order valence-corrected chi connectivity index (χ2v) is 7.05. The molecule has 1 aromatic heterocycles. The summed E-state index contributed by atoms with van der Waals surface area (Å²) in [4.78, 5) is 23.6. The summed E-state index contributed by atoms with van der Waals surface area (Å²) in [6.07, 6.45) is 1.75. The molecule has 0 saturated carbocycles. The number of anilines is 1. The molecule has 27 heavy (non-hydrogen) atoms. The molecule has 0 aliphatic carbocycles. The van der Waals surface area contributed by atoms with Crippen LogP contribution in [0.4, 0.5) is 5.69 Å². The highest BCUT2D eigenvalue weighted by Gasteiger charge is 2.22. The summed E-state index contributed by atoms with van der Waals surface area (Å²) in [5.74, 6) is 0.00265. The predicted octanol–water partition coefficient (Wildman–Crippen LogP) is 1.88. The number of amides is 1. The molecule has 0 bridgehead atoms. The average Bonchev–Trinajstić information content (AvgIpc) is 2.75. The number of benzene rings is 1. The van der Waals surface area contributed by atoms with Gasteiger partial charge in [-0.05, 0) is 17.7 Å². The van der Waals surface area contributed by atoms with E-state index in [1.165, 1.54) is 5.56 Å². The Balaban J connectivity index is 1.36. The number of carbonyl (C=O) groups excluding carboxylic acids is 1.